The normalized spacial score (nSPS) is 17.0. The fourth-order valence-corrected chi connectivity index (χ4v) is 3.46. The molecule has 0 aliphatic carbocycles. The second kappa shape index (κ2) is 7.36. The van der Waals surface area contributed by atoms with Crippen LogP contribution in [-0.2, 0) is 22.4 Å². The summed E-state index contributed by atoms with van der Waals surface area (Å²) in [6.45, 7) is 0.216. The second-order valence-corrected chi connectivity index (χ2v) is 6.92. The summed E-state index contributed by atoms with van der Waals surface area (Å²) < 4.78 is 5.92. The third-order valence-electron chi connectivity index (χ3n) is 3.90. The molecule has 124 valence electrons. The largest absolute Gasteiger partial charge is 0.447 e. The second-order valence-electron chi connectivity index (χ2n) is 5.60. The lowest BCUT2D eigenvalue weighted by Gasteiger charge is -2.20. The minimum atomic E-state index is -0.589. The van der Waals surface area contributed by atoms with Crippen molar-refractivity contribution in [3.8, 4) is 0 Å². The van der Waals surface area contributed by atoms with Gasteiger partial charge in [-0.15, -0.1) is 0 Å². The molecule has 0 radical (unpaired) electrons. The van der Waals surface area contributed by atoms with Gasteiger partial charge in [0.25, 0.3) is 0 Å². The summed E-state index contributed by atoms with van der Waals surface area (Å²) in [7, 11) is 0. The molecular weight excluding hydrogens is 394 g/mol. The Kier molecular flexibility index (Phi) is 5.21. The van der Waals surface area contributed by atoms with Crippen LogP contribution in [0.1, 0.15) is 11.1 Å². The van der Waals surface area contributed by atoms with Crippen LogP contribution in [0.4, 0.5) is 4.79 Å². The Balaban J connectivity index is 1.75. The number of hydrogen-bond donors (Lipinski definition) is 0. The van der Waals surface area contributed by atoms with Gasteiger partial charge in [-0.25, -0.2) is 9.69 Å². The first-order chi connectivity index (χ1) is 11.5. The molecule has 1 saturated heterocycles. The smallest absolute Gasteiger partial charge is 0.416 e. The van der Waals surface area contributed by atoms with E-state index in [2.05, 4.69) is 15.9 Å². The fourth-order valence-electron chi connectivity index (χ4n) is 2.72. The van der Waals surface area contributed by atoms with Gasteiger partial charge in [0.15, 0.2) is 0 Å². The number of amides is 2. The zero-order valence-electron chi connectivity index (χ0n) is 12.7. The first-order valence-electron chi connectivity index (χ1n) is 7.51. The van der Waals surface area contributed by atoms with Gasteiger partial charge in [0.1, 0.15) is 6.61 Å². The molecule has 1 unspecified atom stereocenters. The molecule has 2 amide bonds. The molecule has 0 spiro atoms. The summed E-state index contributed by atoms with van der Waals surface area (Å²) in [6, 6.07) is 14.8. The molecule has 1 aliphatic rings. The molecule has 0 saturated carbocycles. The third kappa shape index (κ3) is 3.79. The number of carbonyl (C=O) groups excluding carboxylic acids is 2. The van der Waals surface area contributed by atoms with Gasteiger partial charge in [-0.1, -0.05) is 63.9 Å². The molecule has 0 aromatic heterocycles. The van der Waals surface area contributed by atoms with Crippen LogP contribution in [-0.4, -0.2) is 29.5 Å². The van der Waals surface area contributed by atoms with Crippen LogP contribution in [0.15, 0.2) is 53.0 Å². The van der Waals surface area contributed by atoms with Crippen LogP contribution in [0.2, 0.25) is 5.02 Å². The lowest BCUT2D eigenvalue weighted by molar-refractivity contribution is -0.128. The number of benzene rings is 2. The molecular formula is C18H15BrClNO3. The van der Waals surface area contributed by atoms with Gasteiger partial charge in [-0.05, 0) is 29.7 Å². The van der Waals surface area contributed by atoms with E-state index in [1.54, 1.807) is 12.1 Å². The van der Waals surface area contributed by atoms with E-state index in [9.17, 15) is 9.59 Å². The van der Waals surface area contributed by atoms with E-state index in [0.717, 1.165) is 10.0 Å². The molecule has 2 aromatic carbocycles. The first-order valence-corrected chi connectivity index (χ1v) is 8.68. The number of carbonyl (C=O) groups is 2. The van der Waals surface area contributed by atoms with Crippen LogP contribution in [0.3, 0.4) is 0 Å². The minimum absolute atomic E-state index is 0.0620. The van der Waals surface area contributed by atoms with Gasteiger partial charge in [0, 0.05) is 9.50 Å². The average molecular weight is 409 g/mol. The maximum absolute atomic E-state index is 12.6. The van der Waals surface area contributed by atoms with E-state index in [0.29, 0.717) is 17.0 Å². The molecule has 6 heteroatoms. The third-order valence-corrected chi connectivity index (χ3v) is 4.75. The van der Waals surface area contributed by atoms with Crippen LogP contribution >= 0.6 is 27.5 Å². The number of imide groups is 1. The topological polar surface area (TPSA) is 46.6 Å². The van der Waals surface area contributed by atoms with Crippen molar-refractivity contribution < 1.29 is 14.3 Å². The summed E-state index contributed by atoms with van der Waals surface area (Å²) >= 11 is 9.50. The van der Waals surface area contributed by atoms with Crippen molar-refractivity contribution in [1.82, 2.24) is 4.90 Å². The van der Waals surface area contributed by atoms with Crippen molar-refractivity contribution in [2.75, 3.05) is 6.61 Å². The average Bonchev–Trinajstić information content (AvgIpc) is 2.91. The number of nitrogens with zero attached hydrogens (tertiary/aromatic N) is 1. The van der Waals surface area contributed by atoms with Crippen molar-refractivity contribution in [3.63, 3.8) is 0 Å². The maximum Gasteiger partial charge on any atom is 0.416 e. The van der Waals surface area contributed by atoms with E-state index in [1.165, 1.54) is 4.90 Å². The Bertz CT molecular complexity index is 766. The Morgan fingerprint density at radius 1 is 1.25 bits per heavy atom. The van der Waals surface area contributed by atoms with Gasteiger partial charge < -0.3 is 4.74 Å². The highest BCUT2D eigenvalue weighted by molar-refractivity contribution is 9.10. The Labute approximate surface area is 153 Å². The van der Waals surface area contributed by atoms with E-state index in [4.69, 9.17) is 16.3 Å². The summed E-state index contributed by atoms with van der Waals surface area (Å²) in [5.41, 5.74) is 1.74. The Morgan fingerprint density at radius 2 is 2.00 bits per heavy atom. The number of ether oxygens (including phenoxy) is 1. The van der Waals surface area contributed by atoms with E-state index < -0.39 is 6.09 Å². The standard InChI is InChI=1S/C18H15BrClNO3/c19-14-7-6-13(16(20)10-14)9-17(22)21-15(11-24-18(21)23)8-12-4-2-1-3-5-12/h1-7,10,15H,8-9,11H2. The molecule has 3 rings (SSSR count). The monoisotopic (exact) mass is 407 g/mol. The van der Waals surface area contributed by atoms with Crippen molar-refractivity contribution >= 4 is 39.5 Å². The van der Waals surface area contributed by atoms with Gasteiger partial charge in [0.05, 0.1) is 12.5 Å². The van der Waals surface area contributed by atoms with Crippen molar-refractivity contribution in [1.29, 1.82) is 0 Å². The molecule has 0 bridgehead atoms. The molecule has 1 aliphatic heterocycles. The van der Waals surface area contributed by atoms with Crippen molar-refractivity contribution in [2.45, 2.75) is 18.9 Å². The molecule has 0 N–H and O–H groups in total. The quantitative estimate of drug-likeness (QED) is 0.760. The van der Waals surface area contributed by atoms with E-state index in [-0.39, 0.29) is 25.0 Å². The van der Waals surface area contributed by atoms with Crippen LogP contribution < -0.4 is 0 Å². The highest BCUT2D eigenvalue weighted by Gasteiger charge is 2.37. The lowest BCUT2D eigenvalue weighted by Crippen LogP contribution is -2.41. The zero-order chi connectivity index (χ0) is 17.1. The predicted molar refractivity (Wildman–Crippen MR) is 95.0 cm³/mol. The van der Waals surface area contributed by atoms with Gasteiger partial charge in [-0.3, -0.25) is 4.79 Å². The summed E-state index contributed by atoms with van der Waals surface area (Å²) in [6.07, 6.45) is 0.0491. The van der Waals surface area contributed by atoms with Gasteiger partial charge >= 0.3 is 6.09 Å². The SMILES string of the molecule is O=C(Cc1ccc(Br)cc1Cl)N1C(=O)OCC1Cc1ccccc1. The van der Waals surface area contributed by atoms with Crippen molar-refractivity contribution in [2.24, 2.45) is 0 Å². The number of halogens is 2. The Morgan fingerprint density at radius 3 is 2.71 bits per heavy atom. The van der Waals surface area contributed by atoms with E-state index in [1.807, 2.05) is 36.4 Å². The zero-order valence-corrected chi connectivity index (χ0v) is 15.1. The highest BCUT2D eigenvalue weighted by atomic mass is 79.9. The summed E-state index contributed by atoms with van der Waals surface area (Å²) in [5, 5.41) is 0.491. The number of cyclic esters (lactones) is 1. The Hall–Kier alpha value is -1.85. The fraction of sp³-hybridized carbons (Fsp3) is 0.222. The number of rotatable bonds is 4. The summed E-state index contributed by atoms with van der Waals surface area (Å²) in [5.74, 6) is -0.303. The van der Waals surface area contributed by atoms with Gasteiger partial charge in [0.2, 0.25) is 5.91 Å². The predicted octanol–water partition coefficient (Wildman–Crippen LogP) is 4.24. The van der Waals surface area contributed by atoms with Crippen molar-refractivity contribution in [3.05, 3.63) is 69.2 Å². The molecule has 2 aromatic rings. The number of hydrogen-bond acceptors (Lipinski definition) is 3. The van der Waals surface area contributed by atoms with Crippen LogP contribution in [0.5, 0.6) is 0 Å². The molecule has 1 heterocycles. The highest BCUT2D eigenvalue weighted by Crippen LogP contribution is 2.24. The lowest BCUT2D eigenvalue weighted by atomic mass is 10.0. The minimum Gasteiger partial charge on any atom is -0.447 e. The molecule has 1 atom stereocenters. The molecule has 24 heavy (non-hydrogen) atoms. The van der Waals surface area contributed by atoms with E-state index >= 15 is 0 Å². The van der Waals surface area contributed by atoms with Crippen LogP contribution in [0, 0.1) is 0 Å². The van der Waals surface area contributed by atoms with Gasteiger partial charge in [-0.2, -0.15) is 0 Å². The van der Waals surface area contributed by atoms with Crippen LogP contribution in [0.25, 0.3) is 0 Å². The molecule has 1 fully saturated rings. The maximum atomic E-state index is 12.6. The first kappa shape index (κ1) is 17.0. The summed E-state index contributed by atoms with van der Waals surface area (Å²) in [4.78, 5) is 25.8. The molecule has 4 nitrogen and oxygen atoms in total.